The van der Waals surface area contributed by atoms with Gasteiger partial charge in [0.1, 0.15) is 11.3 Å². The van der Waals surface area contributed by atoms with Gasteiger partial charge in [-0.2, -0.15) is 13.2 Å². The predicted octanol–water partition coefficient (Wildman–Crippen LogP) is 3.07. The van der Waals surface area contributed by atoms with Crippen molar-refractivity contribution in [2.24, 2.45) is 0 Å². The van der Waals surface area contributed by atoms with E-state index in [0.717, 1.165) is 19.3 Å². The molecule has 0 radical (unpaired) electrons. The second-order valence-electron chi connectivity index (χ2n) is 6.22. The van der Waals surface area contributed by atoms with Crippen LogP contribution in [0.3, 0.4) is 0 Å². The molecule has 1 amide bonds. The molecule has 0 aliphatic heterocycles. The Morgan fingerprint density at radius 1 is 1.20 bits per heavy atom. The highest BCUT2D eigenvalue weighted by Gasteiger charge is 2.40. The molecule has 0 spiro atoms. The first kappa shape index (κ1) is 19.1. The molecule has 0 bridgehead atoms. The number of aliphatic carboxylic acids is 1. The van der Waals surface area contributed by atoms with E-state index in [1.807, 2.05) is 0 Å². The third kappa shape index (κ3) is 5.65. The number of benzene rings is 1. The minimum Gasteiger partial charge on any atom is -0.484 e. The highest BCUT2D eigenvalue weighted by atomic mass is 19.4. The van der Waals surface area contributed by atoms with Gasteiger partial charge in [0.25, 0.3) is 0 Å². The number of carboxylic acid groups (broad SMARTS) is 1. The van der Waals surface area contributed by atoms with Gasteiger partial charge < -0.3 is 15.2 Å². The Morgan fingerprint density at radius 2 is 1.88 bits per heavy atom. The van der Waals surface area contributed by atoms with Crippen LogP contribution in [0.4, 0.5) is 13.2 Å². The number of rotatable bonds is 6. The number of nitrogens with one attached hydrogen (secondary N) is 1. The summed E-state index contributed by atoms with van der Waals surface area (Å²) in [5, 5.41) is 12.0. The standard InChI is InChI=1S/C17H20F3NO4/c18-17(19,20)11-25-13-6-4-5-12(9-13)10-14(22)21-16(15(23)24)7-2-1-3-8-16/h4-6,9H,1-3,7-8,10-11H2,(H,21,22)(H,23,24). The van der Waals surface area contributed by atoms with Gasteiger partial charge in [0.15, 0.2) is 6.61 Å². The van der Waals surface area contributed by atoms with Crippen molar-refractivity contribution >= 4 is 11.9 Å². The maximum Gasteiger partial charge on any atom is 0.422 e. The molecule has 5 nitrogen and oxygen atoms in total. The second kappa shape index (κ2) is 7.76. The lowest BCUT2D eigenvalue weighted by Crippen LogP contribution is -2.55. The minimum absolute atomic E-state index is 0.00763. The van der Waals surface area contributed by atoms with Gasteiger partial charge in [-0.25, -0.2) is 4.79 Å². The third-order valence-electron chi connectivity index (χ3n) is 4.16. The maximum atomic E-state index is 12.2. The fourth-order valence-electron chi connectivity index (χ4n) is 2.95. The number of amides is 1. The third-order valence-corrected chi connectivity index (χ3v) is 4.16. The van der Waals surface area contributed by atoms with Crippen LogP contribution in [-0.2, 0) is 16.0 Å². The zero-order valence-electron chi connectivity index (χ0n) is 13.6. The van der Waals surface area contributed by atoms with Crippen LogP contribution >= 0.6 is 0 Å². The van der Waals surface area contributed by atoms with Crippen LogP contribution in [0.15, 0.2) is 24.3 Å². The fourth-order valence-corrected chi connectivity index (χ4v) is 2.95. The van der Waals surface area contributed by atoms with Crippen LogP contribution in [0.25, 0.3) is 0 Å². The van der Waals surface area contributed by atoms with Gasteiger partial charge in [0.2, 0.25) is 5.91 Å². The van der Waals surface area contributed by atoms with E-state index in [2.05, 4.69) is 10.1 Å². The van der Waals surface area contributed by atoms with E-state index >= 15 is 0 Å². The van der Waals surface area contributed by atoms with Crippen molar-refractivity contribution in [3.8, 4) is 5.75 Å². The normalized spacial score (nSPS) is 16.9. The predicted molar refractivity (Wildman–Crippen MR) is 83.3 cm³/mol. The number of hydrogen-bond acceptors (Lipinski definition) is 3. The number of halogens is 3. The van der Waals surface area contributed by atoms with Gasteiger partial charge >= 0.3 is 12.1 Å². The summed E-state index contributed by atoms with van der Waals surface area (Å²) in [6.45, 7) is -1.41. The van der Waals surface area contributed by atoms with Crippen LogP contribution in [0, 0.1) is 0 Å². The fraction of sp³-hybridized carbons (Fsp3) is 0.529. The molecule has 0 heterocycles. The summed E-state index contributed by atoms with van der Waals surface area (Å²) in [6.07, 6.45) is -1.42. The molecule has 0 aromatic heterocycles. The van der Waals surface area contributed by atoms with Crippen LogP contribution in [0.2, 0.25) is 0 Å². The number of hydrogen-bond donors (Lipinski definition) is 2. The molecule has 8 heteroatoms. The number of carboxylic acids is 1. The highest BCUT2D eigenvalue weighted by Crippen LogP contribution is 2.28. The molecule has 1 aromatic rings. The van der Waals surface area contributed by atoms with E-state index in [4.69, 9.17) is 0 Å². The largest absolute Gasteiger partial charge is 0.484 e. The Morgan fingerprint density at radius 3 is 2.48 bits per heavy atom. The molecular weight excluding hydrogens is 339 g/mol. The minimum atomic E-state index is -4.44. The highest BCUT2D eigenvalue weighted by molar-refractivity contribution is 5.88. The monoisotopic (exact) mass is 359 g/mol. The van der Waals surface area contributed by atoms with Gasteiger partial charge in [-0.3, -0.25) is 4.79 Å². The van der Waals surface area contributed by atoms with Crippen molar-refractivity contribution in [1.82, 2.24) is 5.32 Å². The smallest absolute Gasteiger partial charge is 0.422 e. The molecule has 138 valence electrons. The molecule has 1 aliphatic carbocycles. The van der Waals surface area contributed by atoms with Crippen LogP contribution < -0.4 is 10.1 Å². The molecule has 1 saturated carbocycles. The van der Waals surface area contributed by atoms with E-state index in [9.17, 15) is 27.9 Å². The first-order valence-electron chi connectivity index (χ1n) is 8.03. The molecule has 1 fully saturated rings. The zero-order chi connectivity index (χ0) is 18.5. The summed E-state index contributed by atoms with van der Waals surface area (Å²) in [5.41, 5.74) is -0.798. The lowest BCUT2D eigenvalue weighted by molar-refractivity contribution is -0.153. The Labute approximate surface area is 143 Å². The Kier molecular flexibility index (Phi) is 5.92. The van der Waals surface area contributed by atoms with Crippen LogP contribution in [-0.4, -0.2) is 35.3 Å². The molecule has 25 heavy (non-hydrogen) atoms. The molecule has 2 rings (SSSR count). The van der Waals surface area contributed by atoms with E-state index in [0.29, 0.717) is 18.4 Å². The van der Waals surface area contributed by atoms with Crippen molar-refractivity contribution in [3.63, 3.8) is 0 Å². The molecule has 2 N–H and O–H groups in total. The quantitative estimate of drug-likeness (QED) is 0.819. The second-order valence-corrected chi connectivity index (χ2v) is 6.22. The lowest BCUT2D eigenvalue weighted by atomic mass is 9.81. The molecule has 0 saturated heterocycles. The first-order chi connectivity index (χ1) is 11.7. The number of alkyl halides is 3. The average Bonchev–Trinajstić information content (AvgIpc) is 2.53. The van der Waals surface area contributed by atoms with E-state index < -0.39 is 30.2 Å². The van der Waals surface area contributed by atoms with Crippen molar-refractivity contribution < 1.29 is 32.6 Å². The van der Waals surface area contributed by atoms with Crippen molar-refractivity contribution in [2.45, 2.75) is 50.2 Å². The summed E-state index contributed by atoms with van der Waals surface area (Å²) in [7, 11) is 0. The molecule has 0 atom stereocenters. The molecule has 1 aromatic carbocycles. The Balaban J connectivity index is 1.99. The SMILES string of the molecule is O=C(Cc1cccc(OCC(F)(F)F)c1)NC1(C(=O)O)CCCCC1. The van der Waals surface area contributed by atoms with Crippen molar-refractivity contribution in [3.05, 3.63) is 29.8 Å². The number of carbonyl (C=O) groups is 2. The summed E-state index contributed by atoms with van der Waals surface area (Å²) in [6, 6.07) is 5.78. The van der Waals surface area contributed by atoms with E-state index in [1.165, 1.54) is 18.2 Å². The Bertz CT molecular complexity index is 625. The van der Waals surface area contributed by atoms with Gasteiger partial charge in [0, 0.05) is 0 Å². The van der Waals surface area contributed by atoms with Gasteiger partial charge in [0.05, 0.1) is 6.42 Å². The van der Waals surface area contributed by atoms with Gasteiger partial charge in [-0.1, -0.05) is 31.4 Å². The molecule has 1 aliphatic rings. The topological polar surface area (TPSA) is 75.6 Å². The van der Waals surface area contributed by atoms with Crippen molar-refractivity contribution in [2.75, 3.05) is 6.61 Å². The van der Waals surface area contributed by atoms with Gasteiger partial charge in [-0.15, -0.1) is 0 Å². The number of ether oxygens (including phenoxy) is 1. The summed E-state index contributed by atoms with van der Waals surface area (Å²) < 4.78 is 41.2. The first-order valence-corrected chi connectivity index (χ1v) is 8.03. The summed E-state index contributed by atoms with van der Waals surface area (Å²) >= 11 is 0. The average molecular weight is 359 g/mol. The molecule has 0 unspecified atom stereocenters. The van der Waals surface area contributed by atoms with E-state index in [-0.39, 0.29) is 12.2 Å². The molecular formula is C17H20F3NO4. The van der Waals surface area contributed by atoms with Gasteiger partial charge in [-0.05, 0) is 30.5 Å². The van der Waals surface area contributed by atoms with E-state index in [1.54, 1.807) is 6.07 Å². The zero-order valence-corrected chi connectivity index (χ0v) is 13.6. The summed E-state index contributed by atoms with van der Waals surface area (Å²) in [4.78, 5) is 23.8. The van der Waals surface area contributed by atoms with Crippen LogP contribution in [0.5, 0.6) is 5.75 Å². The maximum absolute atomic E-state index is 12.2. The number of carbonyl (C=O) groups excluding carboxylic acids is 1. The summed E-state index contributed by atoms with van der Waals surface area (Å²) in [5.74, 6) is -1.52. The Hall–Kier alpha value is -2.25. The lowest BCUT2D eigenvalue weighted by Gasteiger charge is -2.34. The van der Waals surface area contributed by atoms with Crippen LogP contribution in [0.1, 0.15) is 37.7 Å². The van der Waals surface area contributed by atoms with Crippen molar-refractivity contribution in [1.29, 1.82) is 0 Å².